The zero-order valence-corrected chi connectivity index (χ0v) is 13.6. The summed E-state index contributed by atoms with van der Waals surface area (Å²) in [6, 6.07) is 11.8. The number of amides is 1. The van der Waals surface area contributed by atoms with Gasteiger partial charge in [-0.05, 0) is 29.8 Å². The van der Waals surface area contributed by atoms with E-state index in [1.807, 2.05) is 0 Å². The monoisotopic (exact) mass is 379 g/mol. The van der Waals surface area contributed by atoms with Crippen LogP contribution in [0.2, 0.25) is 0 Å². The Balaban J connectivity index is 2.02. The van der Waals surface area contributed by atoms with Gasteiger partial charge in [0.25, 0.3) is 17.3 Å². The predicted octanol–water partition coefficient (Wildman–Crippen LogP) is 3.10. The molecule has 1 heterocycles. The minimum Gasteiger partial charge on any atom is -0.362 e. The summed E-state index contributed by atoms with van der Waals surface area (Å²) in [5.41, 5.74) is -3.92. The molecule has 10 heteroatoms. The van der Waals surface area contributed by atoms with E-state index in [9.17, 15) is 33.2 Å². The molecule has 0 spiro atoms. The van der Waals surface area contributed by atoms with E-state index >= 15 is 0 Å². The van der Waals surface area contributed by atoms with Gasteiger partial charge >= 0.3 is 6.18 Å². The number of hydrogen-bond donors (Lipinski definition) is 1. The summed E-state index contributed by atoms with van der Waals surface area (Å²) in [6.45, 7) is 0. The smallest absolute Gasteiger partial charge is 0.362 e. The van der Waals surface area contributed by atoms with E-state index in [1.54, 1.807) is 6.07 Å². The van der Waals surface area contributed by atoms with Gasteiger partial charge in [-0.25, -0.2) is 0 Å². The molecule has 1 aliphatic rings. The van der Waals surface area contributed by atoms with Crippen LogP contribution < -0.4 is 0 Å². The van der Waals surface area contributed by atoms with Gasteiger partial charge in [0.2, 0.25) is 0 Å². The number of nitro groups is 1. The Bertz CT molecular complexity index is 913. The third-order valence-corrected chi connectivity index (χ3v) is 4.06. The summed E-state index contributed by atoms with van der Waals surface area (Å²) < 4.78 is 40.6. The maximum absolute atomic E-state index is 13.5. The van der Waals surface area contributed by atoms with Gasteiger partial charge < -0.3 is 5.11 Å². The first kappa shape index (κ1) is 18.5. The van der Waals surface area contributed by atoms with Gasteiger partial charge in [0.15, 0.2) is 0 Å². The normalized spacial score (nSPS) is 19.7. The third-order valence-electron chi connectivity index (χ3n) is 4.06. The number of rotatable bonds is 3. The molecule has 0 bridgehead atoms. The van der Waals surface area contributed by atoms with Gasteiger partial charge in [-0.3, -0.25) is 14.9 Å². The first-order chi connectivity index (χ1) is 12.6. The molecule has 0 saturated carbocycles. The molecule has 0 aromatic heterocycles. The molecular formula is C17H12F3N3O4. The van der Waals surface area contributed by atoms with E-state index in [4.69, 9.17) is 0 Å². The second-order valence-corrected chi connectivity index (χ2v) is 5.82. The minimum atomic E-state index is -5.16. The molecule has 1 aliphatic heterocycles. The molecule has 1 atom stereocenters. The number of hydrogen-bond acceptors (Lipinski definition) is 5. The highest BCUT2D eigenvalue weighted by molar-refractivity contribution is 6.05. The van der Waals surface area contributed by atoms with Crippen molar-refractivity contribution in [1.29, 1.82) is 0 Å². The second kappa shape index (κ2) is 6.47. The van der Waals surface area contributed by atoms with Crippen LogP contribution in [0.25, 0.3) is 0 Å². The summed E-state index contributed by atoms with van der Waals surface area (Å²) in [5, 5.41) is 24.7. The Hall–Kier alpha value is -3.27. The van der Waals surface area contributed by atoms with Crippen LogP contribution in [0.15, 0.2) is 59.7 Å². The van der Waals surface area contributed by atoms with Crippen molar-refractivity contribution in [2.75, 3.05) is 0 Å². The van der Waals surface area contributed by atoms with Crippen LogP contribution in [0.5, 0.6) is 0 Å². The Morgan fingerprint density at radius 2 is 1.74 bits per heavy atom. The molecule has 0 radical (unpaired) electrons. The predicted molar refractivity (Wildman–Crippen MR) is 87.9 cm³/mol. The number of carbonyl (C=O) groups excluding carboxylic acids is 1. The average molecular weight is 379 g/mol. The molecule has 140 valence electrons. The fourth-order valence-electron chi connectivity index (χ4n) is 2.62. The number of hydrazone groups is 1. The highest BCUT2D eigenvalue weighted by Crippen LogP contribution is 2.42. The summed E-state index contributed by atoms with van der Waals surface area (Å²) in [6.07, 6.45) is -6.16. The molecule has 1 amide bonds. The Morgan fingerprint density at radius 3 is 2.26 bits per heavy atom. The van der Waals surface area contributed by atoms with Crippen molar-refractivity contribution in [2.24, 2.45) is 5.10 Å². The maximum atomic E-state index is 13.5. The molecular weight excluding hydrogens is 367 g/mol. The van der Waals surface area contributed by atoms with Gasteiger partial charge in [-0.15, -0.1) is 0 Å². The highest BCUT2D eigenvalue weighted by atomic mass is 19.4. The average Bonchev–Trinajstić information content (AvgIpc) is 3.01. The van der Waals surface area contributed by atoms with E-state index in [0.29, 0.717) is 0 Å². The van der Waals surface area contributed by atoms with Gasteiger partial charge in [0, 0.05) is 17.7 Å². The van der Waals surface area contributed by atoms with Crippen LogP contribution in [0.3, 0.4) is 0 Å². The molecule has 0 fully saturated rings. The second-order valence-electron chi connectivity index (χ2n) is 5.82. The number of nitro benzene ring substituents is 1. The number of halogens is 3. The van der Waals surface area contributed by atoms with Crippen LogP contribution in [-0.2, 0) is 0 Å². The molecule has 1 N–H and O–H groups in total. The van der Waals surface area contributed by atoms with Crippen molar-refractivity contribution >= 4 is 17.3 Å². The van der Waals surface area contributed by atoms with Crippen molar-refractivity contribution in [3.8, 4) is 0 Å². The van der Waals surface area contributed by atoms with Crippen LogP contribution in [-0.4, -0.2) is 38.6 Å². The Morgan fingerprint density at radius 1 is 1.15 bits per heavy atom. The van der Waals surface area contributed by atoms with Gasteiger partial charge in [0.1, 0.15) is 0 Å². The van der Waals surface area contributed by atoms with Crippen LogP contribution in [0.4, 0.5) is 18.9 Å². The van der Waals surface area contributed by atoms with Crippen LogP contribution >= 0.6 is 0 Å². The van der Waals surface area contributed by atoms with Gasteiger partial charge in [-0.1, -0.05) is 18.2 Å². The van der Waals surface area contributed by atoms with Crippen LogP contribution in [0, 0.1) is 10.1 Å². The van der Waals surface area contributed by atoms with E-state index in [0.717, 1.165) is 12.1 Å². The van der Waals surface area contributed by atoms with Gasteiger partial charge in [-0.2, -0.15) is 23.3 Å². The van der Waals surface area contributed by atoms with Crippen LogP contribution in [0.1, 0.15) is 22.3 Å². The van der Waals surface area contributed by atoms with E-state index < -0.39 is 29.2 Å². The summed E-state index contributed by atoms with van der Waals surface area (Å²) >= 11 is 0. The lowest BCUT2D eigenvalue weighted by molar-refractivity contribution is -0.384. The quantitative estimate of drug-likeness (QED) is 0.655. The number of non-ortho nitro benzene ring substituents is 1. The molecule has 0 saturated heterocycles. The lowest BCUT2D eigenvalue weighted by atomic mass is 10.0. The van der Waals surface area contributed by atoms with E-state index in [2.05, 4.69) is 5.10 Å². The zero-order valence-electron chi connectivity index (χ0n) is 13.6. The van der Waals surface area contributed by atoms with Crippen molar-refractivity contribution in [3.05, 3.63) is 75.8 Å². The van der Waals surface area contributed by atoms with E-state index in [-0.39, 0.29) is 27.5 Å². The number of aliphatic hydroxyl groups is 1. The molecule has 2 aromatic carbocycles. The lowest BCUT2D eigenvalue weighted by Crippen LogP contribution is -2.56. The SMILES string of the molecule is O=C(c1ccccc1)N1N=C(c2ccc([N+](=O)[O-])cc2)C[C@]1(O)C(F)(F)F. The largest absolute Gasteiger partial charge is 0.438 e. The minimum absolute atomic E-state index is 0.0130. The molecule has 2 aromatic rings. The molecule has 3 rings (SSSR count). The van der Waals surface area contributed by atoms with Crippen molar-refractivity contribution in [3.63, 3.8) is 0 Å². The number of benzene rings is 2. The number of nitrogens with zero attached hydrogens (tertiary/aromatic N) is 3. The number of alkyl halides is 3. The molecule has 0 aliphatic carbocycles. The fraction of sp³-hybridized carbons (Fsp3) is 0.176. The first-order valence-corrected chi connectivity index (χ1v) is 7.64. The topological polar surface area (TPSA) is 96.0 Å². The highest BCUT2D eigenvalue weighted by Gasteiger charge is 2.63. The Kier molecular flexibility index (Phi) is 4.44. The maximum Gasteiger partial charge on any atom is 0.438 e. The Labute approximate surface area is 150 Å². The summed E-state index contributed by atoms with van der Waals surface area (Å²) in [7, 11) is 0. The number of carbonyl (C=O) groups is 1. The molecule has 0 unspecified atom stereocenters. The van der Waals surface area contributed by atoms with Crippen molar-refractivity contribution in [2.45, 2.75) is 18.3 Å². The third kappa shape index (κ3) is 3.26. The summed E-state index contributed by atoms with van der Waals surface area (Å²) in [5.74, 6) is -1.12. The fourth-order valence-corrected chi connectivity index (χ4v) is 2.62. The zero-order chi connectivity index (χ0) is 19.8. The van der Waals surface area contributed by atoms with Crippen molar-refractivity contribution in [1.82, 2.24) is 5.01 Å². The van der Waals surface area contributed by atoms with E-state index in [1.165, 1.54) is 36.4 Å². The first-order valence-electron chi connectivity index (χ1n) is 7.64. The van der Waals surface area contributed by atoms with Gasteiger partial charge in [0.05, 0.1) is 17.1 Å². The molecule has 7 nitrogen and oxygen atoms in total. The standard InChI is InChI=1S/C17H12F3N3O4/c18-17(19,20)16(25)10-14(11-6-8-13(9-7-11)23(26)27)21-22(16)15(24)12-4-2-1-3-5-12/h1-9,25H,10H2/t16-/m0/s1. The van der Waals surface area contributed by atoms with Crippen molar-refractivity contribution < 1.29 is 28.0 Å². The summed E-state index contributed by atoms with van der Waals surface area (Å²) in [4.78, 5) is 22.5. The lowest BCUT2D eigenvalue weighted by Gasteiger charge is -2.32. The molecule has 27 heavy (non-hydrogen) atoms.